The highest BCUT2D eigenvalue weighted by molar-refractivity contribution is 5.89. The van der Waals surface area contributed by atoms with Gasteiger partial charge in [0.15, 0.2) is 5.76 Å². The molecule has 0 bridgehead atoms. The third-order valence-electron chi connectivity index (χ3n) is 4.72. The van der Waals surface area contributed by atoms with Crippen LogP contribution in [0, 0.1) is 0 Å². The quantitative estimate of drug-likeness (QED) is 0.636. The monoisotopic (exact) mass is 391 g/mol. The van der Waals surface area contributed by atoms with E-state index < -0.39 is 6.04 Å². The second-order valence-corrected chi connectivity index (χ2v) is 6.65. The highest BCUT2D eigenvalue weighted by Crippen LogP contribution is 2.20. The van der Waals surface area contributed by atoms with Gasteiger partial charge < -0.3 is 14.7 Å². The Balaban J connectivity index is 1.73. The van der Waals surface area contributed by atoms with Gasteiger partial charge in [-0.15, -0.1) is 0 Å². The number of hydrogen-bond donors (Lipinski definition) is 1. The van der Waals surface area contributed by atoms with Crippen molar-refractivity contribution in [2.24, 2.45) is 0 Å². The van der Waals surface area contributed by atoms with E-state index in [-0.39, 0.29) is 18.2 Å². The maximum Gasteiger partial charge on any atom is 0.249 e. The number of nitrogens with zero attached hydrogens (tertiary/aromatic N) is 2. The first-order valence-corrected chi connectivity index (χ1v) is 9.76. The molecule has 0 saturated heterocycles. The Hall–Kier alpha value is -3.41. The molecule has 6 nitrogen and oxygen atoms in total. The summed E-state index contributed by atoms with van der Waals surface area (Å²) in [5.74, 6) is 0.194. The average Bonchev–Trinajstić information content (AvgIpc) is 3.22. The van der Waals surface area contributed by atoms with Crippen molar-refractivity contribution in [1.29, 1.82) is 0 Å². The minimum atomic E-state index is -0.732. The Labute approximate surface area is 170 Å². The lowest BCUT2D eigenvalue weighted by atomic mass is 10.0. The fraction of sp³-hybridized carbons (Fsp3) is 0.261. The molecule has 29 heavy (non-hydrogen) atoms. The van der Waals surface area contributed by atoms with Crippen molar-refractivity contribution < 1.29 is 14.1 Å². The molecular weight excluding hydrogens is 366 g/mol. The molecule has 3 aromatic rings. The molecule has 0 spiro atoms. The third kappa shape index (κ3) is 5.10. The number of aromatic nitrogens is 1. The molecule has 0 unspecified atom stereocenters. The number of likely N-dealkylation sites (N-methyl/N-ethyl adjacent to an activating group) is 1. The number of amides is 2. The van der Waals surface area contributed by atoms with Crippen molar-refractivity contribution in [3.63, 3.8) is 0 Å². The molecule has 0 radical (unpaired) electrons. The molecular formula is C23H25N3O3. The van der Waals surface area contributed by atoms with Gasteiger partial charge >= 0.3 is 0 Å². The van der Waals surface area contributed by atoms with Crippen molar-refractivity contribution in [2.75, 3.05) is 13.1 Å². The molecule has 2 aromatic carbocycles. The van der Waals surface area contributed by atoms with Gasteiger partial charge in [-0.05, 0) is 19.4 Å². The summed E-state index contributed by atoms with van der Waals surface area (Å²) >= 11 is 0. The molecule has 1 aromatic heterocycles. The van der Waals surface area contributed by atoms with Gasteiger partial charge in [0, 0.05) is 24.7 Å². The van der Waals surface area contributed by atoms with E-state index in [9.17, 15) is 9.59 Å². The molecule has 0 aliphatic rings. The number of rotatable bonds is 8. The van der Waals surface area contributed by atoms with E-state index in [4.69, 9.17) is 4.52 Å². The van der Waals surface area contributed by atoms with E-state index in [0.29, 0.717) is 24.5 Å². The molecule has 0 aliphatic carbocycles. The summed E-state index contributed by atoms with van der Waals surface area (Å²) < 4.78 is 5.36. The number of nitrogens with one attached hydrogen (secondary N) is 1. The molecule has 0 saturated carbocycles. The van der Waals surface area contributed by atoms with Gasteiger partial charge in [0.25, 0.3) is 0 Å². The maximum absolute atomic E-state index is 13.0. The first-order chi connectivity index (χ1) is 14.1. The van der Waals surface area contributed by atoms with Gasteiger partial charge in [-0.2, -0.15) is 0 Å². The molecule has 1 heterocycles. The van der Waals surface area contributed by atoms with Crippen LogP contribution in [0.15, 0.2) is 71.3 Å². The predicted octanol–water partition coefficient (Wildman–Crippen LogP) is 3.61. The molecule has 1 atom stereocenters. The van der Waals surface area contributed by atoms with Crippen molar-refractivity contribution in [3.05, 3.63) is 78.0 Å². The Bertz CT molecular complexity index is 934. The Morgan fingerprint density at radius 3 is 2.24 bits per heavy atom. The van der Waals surface area contributed by atoms with Crippen molar-refractivity contribution >= 4 is 11.8 Å². The fourth-order valence-corrected chi connectivity index (χ4v) is 3.16. The highest BCUT2D eigenvalue weighted by atomic mass is 16.5. The Kier molecular flexibility index (Phi) is 6.79. The van der Waals surface area contributed by atoms with Gasteiger partial charge in [-0.3, -0.25) is 9.59 Å². The van der Waals surface area contributed by atoms with Gasteiger partial charge in [0.1, 0.15) is 6.04 Å². The van der Waals surface area contributed by atoms with Gasteiger partial charge in [0.05, 0.1) is 12.1 Å². The summed E-state index contributed by atoms with van der Waals surface area (Å²) in [5, 5.41) is 6.86. The van der Waals surface area contributed by atoms with Crippen LogP contribution in [0.1, 0.15) is 31.1 Å². The SMILES string of the molecule is CCN(CC)C(=O)[C@@H](NC(=O)Cc1cc(-c2ccccc2)on1)c1ccccc1. The summed E-state index contributed by atoms with van der Waals surface area (Å²) in [6, 6.07) is 19.9. The second kappa shape index (κ2) is 9.68. The van der Waals surface area contributed by atoms with E-state index in [1.807, 2.05) is 74.5 Å². The minimum absolute atomic E-state index is 0.0329. The van der Waals surface area contributed by atoms with Crippen LogP contribution in [0.4, 0.5) is 0 Å². The predicted molar refractivity (Wildman–Crippen MR) is 111 cm³/mol. The summed E-state index contributed by atoms with van der Waals surface area (Å²) in [7, 11) is 0. The number of benzene rings is 2. The van der Waals surface area contributed by atoms with Crippen LogP contribution in [0.5, 0.6) is 0 Å². The summed E-state index contributed by atoms with van der Waals surface area (Å²) in [6.45, 7) is 5.01. The number of carbonyl (C=O) groups excluding carboxylic acids is 2. The van der Waals surface area contributed by atoms with Crippen molar-refractivity contribution in [2.45, 2.75) is 26.3 Å². The zero-order valence-electron chi connectivity index (χ0n) is 16.7. The van der Waals surface area contributed by atoms with Crippen LogP contribution in [-0.2, 0) is 16.0 Å². The highest BCUT2D eigenvalue weighted by Gasteiger charge is 2.26. The first kappa shape index (κ1) is 20.3. The van der Waals surface area contributed by atoms with Crippen LogP contribution >= 0.6 is 0 Å². The van der Waals surface area contributed by atoms with Crippen LogP contribution in [0.2, 0.25) is 0 Å². The zero-order chi connectivity index (χ0) is 20.6. The molecule has 6 heteroatoms. The smallest absolute Gasteiger partial charge is 0.249 e. The maximum atomic E-state index is 13.0. The molecule has 150 valence electrons. The lowest BCUT2D eigenvalue weighted by Gasteiger charge is -2.26. The van der Waals surface area contributed by atoms with E-state index >= 15 is 0 Å². The number of hydrogen-bond acceptors (Lipinski definition) is 4. The van der Waals surface area contributed by atoms with E-state index in [0.717, 1.165) is 11.1 Å². The molecule has 0 aliphatic heterocycles. The van der Waals surface area contributed by atoms with Crippen LogP contribution in [0.3, 0.4) is 0 Å². The van der Waals surface area contributed by atoms with Gasteiger partial charge in [-0.1, -0.05) is 65.8 Å². The summed E-state index contributed by atoms with van der Waals surface area (Å²) in [5.41, 5.74) is 2.16. The Morgan fingerprint density at radius 2 is 1.62 bits per heavy atom. The standard InChI is InChI=1S/C23H25N3O3/c1-3-26(4-2)23(28)22(18-13-9-6-10-14-18)24-21(27)16-19-15-20(29-25-19)17-11-7-5-8-12-17/h5-15,22H,3-4,16H2,1-2H3,(H,24,27)/t22-/m0/s1. The van der Waals surface area contributed by atoms with Crippen LogP contribution < -0.4 is 5.32 Å². The van der Waals surface area contributed by atoms with Crippen LogP contribution in [0.25, 0.3) is 11.3 Å². The van der Waals surface area contributed by atoms with Crippen LogP contribution in [-0.4, -0.2) is 35.0 Å². The molecule has 0 fully saturated rings. The third-order valence-corrected chi connectivity index (χ3v) is 4.72. The van der Waals surface area contributed by atoms with E-state index in [1.165, 1.54) is 0 Å². The largest absolute Gasteiger partial charge is 0.356 e. The summed E-state index contributed by atoms with van der Waals surface area (Å²) in [4.78, 5) is 27.4. The van der Waals surface area contributed by atoms with E-state index in [1.54, 1.807) is 11.0 Å². The van der Waals surface area contributed by atoms with Crippen molar-refractivity contribution in [1.82, 2.24) is 15.4 Å². The normalized spacial score (nSPS) is 11.7. The lowest BCUT2D eigenvalue weighted by molar-refractivity contribution is -0.136. The van der Waals surface area contributed by atoms with E-state index in [2.05, 4.69) is 10.5 Å². The topological polar surface area (TPSA) is 75.4 Å². The van der Waals surface area contributed by atoms with Crippen molar-refractivity contribution in [3.8, 4) is 11.3 Å². The average molecular weight is 391 g/mol. The lowest BCUT2D eigenvalue weighted by Crippen LogP contribution is -2.43. The van der Waals surface area contributed by atoms with Gasteiger partial charge in [0.2, 0.25) is 11.8 Å². The fourth-order valence-electron chi connectivity index (χ4n) is 3.16. The Morgan fingerprint density at radius 1 is 1.00 bits per heavy atom. The first-order valence-electron chi connectivity index (χ1n) is 9.76. The minimum Gasteiger partial charge on any atom is -0.356 e. The van der Waals surface area contributed by atoms with Gasteiger partial charge in [-0.25, -0.2) is 0 Å². The molecule has 3 rings (SSSR count). The zero-order valence-corrected chi connectivity index (χ0v) is 16.7. The molecule has 2 amide bonds. The summed E-state index contributed by atoms with van der Waals surface area (Å²) in [6.07, 6.45) is 0.0329. The molecule has 1 N–H and O–H groups in total. The number of carbonyl (C=O) groups is 2. The second-order valence-electron chi connectivity index (χ2n) is 6.65.